The van der Waals surface area contributed by atoms with Crippen molar-refractivity contribution in [2.24, 2.45) is 0 Å². The first-order valence-electron chi connectivity index (χ1n) is 11.4. The number of rotatable bonds is 4. The number of nitrogens with one attached hydrogen (secondary N) is 1. The second-order valence-corrected chi connectivity index (χ2v) is 8.95. The smallest absolute Gasteiger partial charge is 0.255 e. The van der Waals surface area contributed by atoms with E-state index < -0.39 is 11.9 Å². The Balaban J connectivity index is 1.36. The van der Waals surface area contributed by atoms with Crippen molar-refractivity contribution in [1.82, 2.24) is 25.2 Å². The highest BCUT2D eigenvalue weighted by Crippen LogP contribution is 2.39. The van der Waals surface area contributed by atoms with Gasteiger partial charge in [0.05, 0.1) is 11.7 Å². The highest BCUT2D eigenvalue weighted by Gasteiger charge is 2.39. The van der Waals surface area contributed by atoms with Gasteiger partial charge in [-0.15, -0.1) is 5.10 Å². The van der Waals surface area contributed by atoms with Crippen LogP contribution in [0.2, 0.25) is 0 Å². The zero-order valence-electron chi connectivity index (χ0n) is 18.0. The van der Waals surface area contributed by atoms with E-state index in [1.54, 1.807) is 4.90 Å². The van der Waals surface area contributed by atoms with E-state index in [2.05, 4.69) is 27.8 Å². The molecule has 3 aromatic rings. The van der Waals surface area contributed by atoms with Gasteiger partial charge in [-0.1, -0.05) is 41.6 Å². The Hall–Kier alpha value is -3.81. The maximum atomic E-state index is 13.0. The lowest BCUT2D eigenvalue weighted by atomic mass is 9.92. The molecule has 2 fully saturated rings. The molecule has 0 radical (unpaired) electrons. The first-order valence-corrected chi connectivity index (χ1v) is 11.4. The summed E-state index contributed by atoms with van der Waals surface area (Å²) < 4.78 is 2.04. The average Bonchev–Trinajstić information content (AvgIpc) is 3.35. The van der Waals surface area contributed by atoms with Crippen molar-refractivity contribution in [2.45, 2.75) is 50.7 Å². The standard InChI is InChI=1S/C25H23N5O3/c31-21-12-11-20(24(32)26-21)29-14-17-13-16(9-10-19(17)25(29)33)22-23(15-5-2-1-3-6-15)30(28-27-22)18-7-4-8-18/h1-3,5-6,9-10,13,18,20H,4,7-8,11-12,14H2,(H,26,31,32). The van der Waals surface area contributed by atoms with E-state index in [-0.39, 0.29) is 18.2 Å². The number of hydrogen-bond donors (Lipinski definition) is 1. The van der Waals surface area contributed by atoms with E-state index in [0.717, 1.165) is 40.9 Å². The molecule has 1 N–H and O–H groups in total. The molecule has 1 saturated heterocycles. The number of hydrogen-bond acceptors (Lipinski definition) is 5. The molecule has 3 aliphatic rings. The summed E-state index contributed by atoms with van der Waals surface area (Å²) in [5.74, 6) is -0.861. The first-order chi connectivity index (χ1) is 16.1. The quantitative estimate of drug-likeness (QED) is 0.628. The molecule has 1 atom stereocenters. The van der Waals surface area contributed by atoms with Gasteiger partial charge in [-0.05, 0) is 43.4 Å². The minimum Gasteiger partial charge on any atom is -0.322 e. The van der Waals surface area contributed by atoms with Crippen LogP contribution in [0.5, 0.6) is 0 Å². The van der Waals surface area contributed by atoms with Crippen LogP contribution < -0.4 is 5.32 Å². The number of carbonyl (C=O) groups excluding carboxylic acids is 3. The predicted molar refractivity (Wildman–Crippen MR) is 120 cm³/mol. The molecule has 6 rings (SSSR count). The van der Waals surface area contributed by atoms with Gasteiger partial charge >= 0.3 is 0 Å². The first kappa shape index (κ1) is 19.8. The van der Waals surface area contributed by atoms with Crippen molar-refractivity contribution in [3.63, 3.8) is 0 Å². The third-order valence-corrected chi connectivity index (χ3v) is 6.96. The van der Waals surface area contributed by atoms with Crippen LogP contribution in [0.4, 0.5) is 0 Å². The Labute approximate surface area is 190 Å². The van der Waals surface area contributed by atoms with E-state index in [9.17, 15) is 14.4 Å². The van der Waals surface area contributed by atoms with Crippen LogP contribution in [0, 0.1) is 0 Å². The van der Waals surface area contributed by atoms with Crippen molar-refractivity contribution in [1.29, 1.82) is 0 Å². The average molecular weight is 441 g/mol. The Kier molecular flexibility index (Phi) is 4.60. The number of aromatic nitrogens is 3. The van der Waals surface area contributed by atoms with Gasteiger partial charge in [-0.3, -0.25) is 19.7 Å². The van der Waals surface area contributed by atoms with Crippen LogP contribution >= 0.6 is 0 Å². The van der Waals surface area contributed by atoms with Crippen LogP contribution in [0.1, 0.15) is 54.1 Å². The Morgan fingerprint density at radius 2 is 1.76 bits per heavy atom. The molecular weight excluding hydrogens is 418 g/mol. The molecule has 1 aromatic heterocycles. The van der Waals surface area contributed by atoms with E-state index in [1.807, 2.05) is 41.1 Å². The number of nitrogens with zero attached hydrogens (tertiary/aromatic N) is 4. The SMILES string of the molecule is O=C1CCC(N2Cc3cc(-c4nnn(C5CCC5)c4-c4ccccc4)ccc3C2=O)C(=O)N1. The molecule has 8 nitrogen and oxygen atoms in total. The lowest BCUT2D eigenvalue weighted by molar-refractivity contribution is -0.136. The molecule has 1 unspecified atom stereocenters. The predicted octanol–water partition coefficient (Wildman–Crippen LogP) is 3.10. The van der Waals surface area contributed by atoms with Crippen LogP contribution in [0.3, 0.4) is 0 Å². The van der Waals surface area contributed by atoms with Gasteiger partial charge in [-0.2, -0.15) is 0 Å². The summed E-state index contributed by atoms with van der Waals surface area (Å²) in [6, 6.07) is 15.6. The lowest BCUT2D eigenvalue weighted by Crippen LogP contribution is -2.52. The Bertz CT molecular complexity index is 1280. The summed E-state index contributed by atoms with van der Waals surface area (Å²) in [4.78, 5) is 38.4. The summed E-state index contributed by atoms with van der Waals surface area (Å²) in [6.45, 7) is 0.339. The Morgan fingerprint density at radius 3 is 2.48 bits per heavy atom. The fourth-order valence-electron chi connectivity index (χ4n) is 4.96. The normalized spacial score (nSPS) is 20.5. The summed E-state index contributed by atoms with van der Waals surface area (Å²) in [5, 5.41) is 11.4. The summed E-state index contributed by atoms with van der Waals surface area (Å²) >= 11 is 0. The fourth-order valence-corrected chi connectivity index (χ4v) is 4.96. The van der Waals surface area contributed by atoms with Crippen LogP contribution in [0.15, 0.2) is 48.5 Å². The van der Waals surface area contributed by atoms with E-state index >= 15 is 0 Å². The van der Waals surface area contributed by atoms with Crippen molar-refractivity contribution in [3.05, 3.63) is 59.7 Å². The zero-order valence-corrected chi connectivity index (χ0v) is 18.0. The minimum absolute atomic E-state index is 0.174. The summed E-state index contributed by atoms with van der Waals surface area (Å²) in [5.41, 5.74) is 5.20. The van der Waals surface area contributed by atoms with Gasteiger partial charge in [0.25, 0.3) is 5.91 Å². The molecule has 166 valence electrons. The van der Waals surface area contributed by atoms with Gasteiger partial charge in [0.1, 0.15) is 11.7 Å². The van der Waals surface area contributed by atoms with Gasteiger partial charge in [-0.25, -0.2) is 4.68 Å². The second kappa shape index (κ2) is 7.65. The zero-order chi connectivity index (χ0) is 22.5. The molecular formula is C25H23N5O3. The minimum atomic E-state index is -0.620. The van der Waals surface area contributed by atoms with Crippen molar-refractivity contribution in [3.8, 4) is 22.5 Å². The number of imide groups is 1. The van der Waals surface area contributed by atoms with Gasteiger partial charge in [0.2, 0.25) is 11.8 Å². The maximum absolute atomic E-state index is 13.0. The van der Waals surface area contributed by atoms with Crippen LogP contribution in [-0.2, 0) is 16.1 Å². The number of benzene rings is 2. The van der Waals surface area contributed by atoms with E-state index in [4.69, 9.17) is 0 Å². The molecule has 0 spiro atoms. The monoisotopic (exact) mass is 441 g/mol. The Morgan fingerprint density at radius 1 is 0.939 bits per heavy atom. The molecule has 3 heterocycles. The summed E-state index contributed by atoms with van der Waals surface area (Å²) in [6.07, 6.45) is 3.99. The summed E-state index contributed by atoms with van der Waals surface area (Å²) in [7, 11) is 0. The number of piperidine rings is 1. The number of amides is 3. The van der Waals surface area contributed by atoms with Gasteiger partial charge in [0, 0.05) is 29.7 Å². The molecule has 1 saturated carbocycles. The molecule has 8 heteroatoms. The fraction of sp³-hybridized carbons (Fsp3) is 0.320. The van der Waals surface area contributed by atoms with Crippen LogP contribution in [0.25, 0.3) is 22.5 Å². The number of carbonyl (C=O) groups is 3. The van der Waals surface area contributed by atoms with Crippen molar-refractivity contribution >= 4 is 17.7 Å². The largest absolute Gasteiger partial charge is 0.322 e. The maximum Gasteiger partial charge on any atom is 0.255 e. The molecule has 1 aliphatic carbocycles. The highest BCUT2D eigenvalue weighted by atomic mass is 16.2. The van der Waals surface area contributed by atoms with Crippen molar-refractivity contribution < 1.29 is 14.4 Å². The molecule has 3 amide bonds. The molecule has 0 bridgehead atoms. The highest BCUT2D eigenvalue weighted by molar-refractivity contribution is 6.05. The van der Waals surface area contributed by atoms with Gasteiger partial charge in [0.15, 0.2) is 0 Å². The van der Waals surface area contributed by atoms with Crippen LogP contribution in [-0.4, -0.2) is 43.7 Å². The number of fused-ring (bicyclic) bond motifs is 1. The van der Waals surface area contributed by atoms with Gasteiger partial charge < -0.3 is 4.90 Å². The molecule has 2 aromatic carbocycles. The molecule has 2 aliphatic heterocycles. The van der Waals surface area contributed by atoms with Crippen molar-refractivity contribution in [2.75, 3.05) is 0 Å². The van der Waals surface area contributed by atoms with E-state index in [1.165, 1.54) is 6.42 Å². The third kappa shape index (κ3) is 3.25. The third-order valence-electron chi connectivity index (χ3n) is 6.96. The molecule has 33 heavy (non-hydrogen) atoms. The lowest BCUT2D eigenvalue weighted by Gasteiger charge is -2.29. The van der Waals surface area contributed by atoms with E-state index in [0.29, 0.717) is 24.6 Å². The topological polar surface area (TPSA) is 97.2 Å². The second-order valence-electron chi connectivity index (χ2n) is 8.95.